The molecule has 1 atom stereocenters. The minimum Gasteiger partial charge on any atom is -0.380 e. The van der Waals surface area contributed by atoms with E-state index >= 15 is 0 Å². The van der Waals surface area contributed by atoms with Gasteiger partial charge in [0.15, 0.2) is 0 Å². The third kappa shape index (κ3) is 3.01. The largest absolute Gasteiger partial charge is 0.380 e. The van der Waals surface area contributed by atoms with Gasteiger partial charge in [0, 0.05) is 31.1 Å². The Bertz CT molecular complexity index is 323. The number of hydrogen-bond acceptors (Lipinski definition) is 5. The molecule has 1 unspecified atom stereocenters. The number of aromatic nitrogens is 1. The van der Waals surface area contributed by atoms with E-state index < -0.39 is 0 Å². The molecule has 2 heterocycles. The predicted octanol–water partition coefficient (Wildman–Crippen LogP) is 1.08. The zero-order valence-electron chi connectivity index (χ0n) is 9.90. The van der Waals surface area contributed by atoms with Crippen LogP contribution in [-0.2, 0) is 17.8 Å². The van der Waals surface area contributed by atoms with Crippen LogP contribution >= 0.6 is 11.3 Å². The second-order valence-corrected chi connectivity index (χ2v) is 5.14. The minimum absolute atomic E-state index is 0.564. The van der Waals surface area contributed by atoms with Crippen LogP contribution < -0.4 is 5.32 Å². The summed E-state index contributed by atoms with van der Waals surface area (Å²) < 4.78 is 5.39. The topological polar surface area (TPSA) is 37.4 Å². The van der Waals surface area contributed by atoms with Crippen molar-refractivity contribution in [2.45, 2.75) is 25.6 Å². The first kappa shape index (κ1) is 12.0. The standard InChI is InChI=1S/C11H19N3OS/c1-12-5-11-13-9(8-16-11)6-14(2)10-3-4-15-7-10/h8,10,12H,3-7H2,1-2H3. The molecule has 1 aliphatic heterocycles. The summed E-state index contributed by atoms with van der Waals surface area (Å²) in [5.41, 5.74) is 1.17. The van der Waals surface area contributed by atoms with Gasteiger partial charge in [-0.1, -0.05) is 0 Å². The molecule has 1 N–H and O–H groups in total. The highest BCUT2D eigenvalue weighted by Crippen LogP contribution is 2.15. The summed E-state index contributed by atoms with van der Waals surface area (Å²) >= 11 is 1.73. The summed E-state index contributed by atoms with van der Waals surface area (Å²) in [5, 5.41) is 6.43. The number of thiazole rings is 1. The van der Waals surface area contributed by atoms with E-state index in [-0.39, 0.29) is 0 Å². The molecule has 0 amide bonds. The maximum Gasteiger partial charge on any atom is 0.107 e. The number of ether oxygens (including phenoxy) is 1. The van der Waals surface area contributed by atoms with Crippen molar-refractivity contribution in [3.63, 3.8) is 0 Å². The van der Waals surface area contributed by atoms with E-state index in [4.69, 9.17) is 4.74 Å². The molecule has 90 valence electrons. The number of likely N-dealkylation sites (N-methyl/N-ethyl adjacent to an activating group) is 1. The van der Waals surface area contributed by atoms with Crippen molar-refractivity contribution >= 4 is 11.3 Å². The van der Waals surface area contributed by atoms with Gasteiger partial charge in [0.1, 0.15) is 5.01 Å². The van der Waals surface area contributed by atoms with Crippen LogP contribution in [0.15, 0.2) is 5.38 Å². The van der Waals surface area contributed by atoms with Crippen LogP contribution in [0, 0.1) is 0 Å². The van der Waals surface area contributed by atoms with Crippen molar-refractivity contribution in [3.8, 4) is 0 Å². The Kier molecular flexibility index (Phi) is 4.29. The average molecular weight is 241 g/mol. The molecule has 0 spiro atoms. The average Bonchev–Trinajstić information content (AvgIpc) is 2.89. The fourth-order valence-corrected chi connectivity index (χ4v) is 2.71. The van der Waals surface area contributed by atoms with Gasteiger partial charge in [0.2, 0.25) is 0 Å². The second kappa shape index (κ2) is 5.72. The van der Waals surface area contributed by atoms with Crippen molar-refractivity contribution in [1.29, 1.82) is 0 Å². The third-order valence-electron chi connectivity index (χ3n) is 2.87. The van der Waals surface area contributed by atoms with Gasteiger partial charge in [-0.25, -0.2) is 4.98 Å². The Morgan fingerprint density at radius 1 is 1.69 bits per heavy atom. The van der Waals surface area contributed by atoms with E-state index in [1.807, 2.05) is 7.05 Å². The molecule has 0 aromatic carbocycles. The molecule has 1 aliphatic rings. The number of rotatable bonds is 5. The van der Waals surface area contributed by atoms with Crippen LogP contribution in [0.4, 0.5) is 0 Å². The number of nitrogens with zero attached hydrogens (tertiary/aromatic N) is 2. The molecule has 5 heteroatoms. The molecular formula is C11H19N3OS. The van der Waals surface area contributed by atoms with E-state index in [2.05, 4.69) is 27.6 Å². The van der Waals surface area contributed by atoms with E-state index in [1.165, 1.54) is 5.69 Å². The van der Waals surface area contributed by atoms with Crippen molar-refractivity contribution in [3.05, 3.63) is 16.1 Å². The Morgan fingerprint density at radius 3 is 3.25 bits per heavy atom. The molecule has 1 aromatic heterocycles. The summed E-state index contributed by atoms with van der Waals surface area (Å²) in [5.74, 6) is 0. The first-order valence-corrected chi connectivity index (χ1v) is 6.53. The Balaban J connectivity index is 1.87. The quantitative estimate of drug-likeness (QED) is 0.837. The monoisotopic (exact) mass is 241 g/mol. The SMILES string of the molecule is CNCc1nc(CN(C)C2CCOC2)cs1. The lowest BCUT2D eigenvalue weighted by Crippen LogP contribution is -2.31. The molecule has 0 bridgehead atoms. The van der Waals surface area contributed by atoms with Crippen LogP contribution in [0.3, 0.4) is 0 Å². The molecule has 0 radical (unpaired) electrons. The van der Waals surface area contributed by atoms with Crippen LogP contribution in [0.25, 0.3) is 0 Å². The van der Waals surface area contributed by atoms with Crippen molar-refractivity contribution in [2.24, 2.45) is 0 Å². The first-order valence-electron chi connectivity index (χ1n) is 5.65. The molecule has 1 fully saturated rings. The van der Waals surface area contributed by atoms with Gasteiger partial charge in [-0.15, -0.1) is 11.3 Å². The van der Waals surface area contributed by atoms with Gasteiger partial charge < -0.3 is 10.1 Å². The summed E-state index contributed by atoms with van der Waals surface area (Å²) in [6.07, 6.45) is 1.14. The summed E-state index contributed by atoms with van der Waals surface area (Å²) in [4.78, 5) is 6.92. The Hall–Kier alpha value is -0.490. The van der Waals surface area contributed by atoms with Crippen LogP contribution in [0.5, 0.6) is 0 Å². The molecule has 0 aliphatic carbocycles. The van der Waals surface area contributed by atoms with Crippen molar-refractivity contribution in [2.75, 3.05) is 27.3 Å². The van der Waals surface area contributed by atoms with Gasteiger partial charge >= 0.3 is 0 Å². The molecule has 16 heavy (non-hydrogen) atoms. The van der Waals surface area contributed by atoms with Gasteiger partial charge in [0.05, 0.1) is 12.3 Å². The lowest BCUT2D eigenvalue weighted by molar-refractivity contribution is 0.156. The molecule has 0 saturated carbocycles. The Labute approximate surface area is 101 Å². The van der Waals surface area contributed by atoms with Crippen LogP contribution in [-0.4, -0.2) is 43.2 Å². The normalized spacial score (nSPS) is 20.8. The zero-order valence-corrected chi connectivity index (χ0v) is 10.7. The van der Waals surface area contributed by atoms with Gasteiger partial charge in [-0.05, 0) is 20.5 Å². The lowest BCUT2D eigenvalue weighted by Gasteiger charge is -2.21. The van der Waals surface area contributed by atoms with Gasteiger partial charge in [0.25, 0.3) is 0 Å². The highest BCUT2D eigenvalue weighted by molar-refractivity contribution is 7.09. The summed E-state index contributed by atoms with van der Waals surface area (Å²) in [6, 6.07) is 0.564. The predicted molar refractivity (Wildman–Crippen MR) is 65.6 cm³/mol. The summed E-state index contributed by atoms with van der Waals surface area (Å²) in [7, 11) is 4.10. The first-order chi connectivity index (χ1) is 7.79. The summed E-state index contributed by atoms with van der Waals surface area (Å²) in [6.45, 7) is 3.55. The highest BCUT2D eigenvalue weighted by atomic mass is 32.1. The molecule has 4 nitrogen and oxygen atoms in total. The second-order valence-electron chi connectivity index (χ2n) is 4.20. The van der Waals surface area contributed by atoms with Crippen LogP contribution in [0.2, 0.25) is 0 Å². The molecule has 1 aromatic rings. The van der Waals surface area contributed by atoms with Gasteiger partial charge in [-0.3, -0.25) is 4.90 Å². The van der Waals surface area contributed by atoms with Crippen molar-refractivity contribution < 1.29 is 4.74 Å². The van der Waals surface area contributed by atoms with Crippen molar-refractivity contribution in [1.82, 2.24) is 15.2 Å². The maximum absolute atomic E-state index is 5.39. The maximum atomic E-state index is 5.39. The Morgan fingerprint density at radius 2 is 2.56 bits per heavy atom. The molecule has 2 rings (SSSR count). The zero-order chi connectivity index (χ0) is 11.4. The smallest absolute Gasteiger partial charge is 0.107 e. The number of hydrogen-bond donors (Lipinski definition) is 1. The van der Waals surface area contributed by atoms with Crippen LogP contribution in [0.1, 0.15) is 17.1 Å². The van der Waals surface area contributed by atoms with E-state index in [0.717, 1.165) is 37.7 Å². The van der Waals surface area contributed by atoms with E-state index in [1.54, 1.807) is 11.3 Å². The fourth-order valence-electron chi connectivity index (χ4n) is 1.91. The van der Waals surface area contributed by atoms with E-state index in [9.17, 15) is 0 Å². The number of nitrogens with one attached hydrogen (secondary N) is 1. The van der Waals surface area contributed by atoms with Gasteiger partial charge in [-0.2, -0.15) is 0 Å². The molecule has 1 saturated heterocycles. The third-order valence-corrected chi connectivity index (χ3v) is 3.77. The lowest BCUT2D eigenvalue weighted by atomic mass is 10.2. The highest BCUT2D eigenvalue weighted by Gasteiger charge is 2.20. The molecular weight excluding hydrogens is 222 g/mol. The minimum atomic E-state index is 0.564. The van der Waals surface area contributed by atoms with E-state index in [0.29, 0.717) is 6.04 Å². The fraction of sp³-hybridized carbons (Fsp3) is 0.727.